The second-order valence-electron chi connectivity index (χ2n) is 9.00. The van der Waals surface area contributed by atoms with Crippen LogP contribution in [0.25, 0.3) is 0 Å². The summed E-state index contributed by atoms with van der Waals surface area (Å²) in [7, 11) is -1.65. The van der Waals surface area contributed by atoms with E-state index in [-0.39, 0.29) is 29.5 Å². The second-order valence-corrected chi connectivity index (χ2v) is 10.7. The molecule has 2 bridgehead atoms. The molecule has 9 nitrogen and oxygen atoms in total. The monoisotopic (exact) mass is 475 g/mol. The molecule has 2 atom stereocenters. The number of amides is 1. The molecule has 1 saturated heterocycles. The molecular weight excluding hydrogens is 442 g/mol. The number of carbonyl (C=O) groups is 1. The molecule has 0 aliphatic carbocycles. The zero-order chi connectivity index (χ0) is 23.6. The number of likely N-dealkylation sites (N-methyl/N-ethyl adjacent to an activating group) is 1. The van der Waals surface area contributed by atoms with Crippen LogP contribution in [0.5, 0.6) is 0 Å². The molecule has 2 aliphatic rings. The van der Waals surface area contributed by atoms with Crippen molar-refractivity contribution in [3.8, 4) is 0 Å². The van der Waals surface area contributed by atoms with Gasteiger partial charge in [0.2, 0.25) is 15.9 Å². The highest BCUT2D eigenvalue weighted by molar-refractivity contribution is 7.89. The number of hydrogen-bond donors (Lipinski definition) is 2. The number of aryl methyl sites for hydroxylation is 2. The highest BCUT2D eigenvalue weighted by Crippen LogP contribution is 2.28. The smallest absolute Gasteiger partial charge is 0.245 e. The van der Waals surface area contributed by atoms with Crippen molar-refractivity contribution >= 4 is 21.6 Å². The lowest BCUT2D eigenvalue weighted by molar-refractivity contribution is -0.132. The predicted molar refractivity (Wildman–Crippen MR) is 125 cm³/mol. The van der Waals surface area contributed by atoms with E-state index in [4.69, 9.17) is 4.52 Å². The fraction of sp³-hybridized carbons (Fsp3) is 0.565. The summed E-state index contributed by atoms with van der Waals surface area (Å²) in [6, 6.07) is 8.89. The molecule has 0 unspecified atom stereocenters. The van der Waals surface area contributed by atoms with E-state index in [2.05, 4.69) is 33.2 Å². The third-order valence-electron chi connectivity index (χ3n) is 6.81. The Labute approximate surface area is 195 Å². The molecule has 33 heavy (non-hydrogen) atoms. The van der Waals surface area contributed by atoms with E-state index in [1.165, 1.54) is 0 Å². The van der Waals surface area contributed by atoms with Gasteiger partial charge in [-0.3, -0.25) is 9.69 Å². The average molecular weight is 476 g/mol. The lowest BCUT2D eigenvalue weighted by Gasteiger charge is -2.31. The molecule has 0 radical (unpaired) electrons. The number of rotatable bonds is 5. The van der Waals surface area contributed by atoms with Gasteiger partial charge in [0.25, 0.3) is 0 Å². The van der Waals surface area contributed by atoms with Crippen LogP contribution < -0.4 is 10.0 Å². The zero-order valence-corrected chi connectivity index (χ0v) is 20.3. The van der Waals surface area contributed by atoms with E-state index in [0.29, 0.717) is 30.9 Å². The minimum atomic E-state index is -3.79. The summed E-state index contributed by atoms with van der Waals surface area (Å²) in [6.07, 6.45) is 3.34. The maximum absolute atomic E-state index is 13.3. The third-order valence-corrected chi connectivity index (χ3v) is 8.51. The number of nitrogens with zero attached hydrogens (tertiary/aromatic N) is 3. The van der Waals surface area contributed by atoms with Crippen molar-refractivity contribution < 1.29 is 17.7 Å². The Balaban J connectivity index is 1.47. The minimum absolute atomic E-state index is 0.0186. The van der Waals surface area contributed by atoms with Gasteiger partial charge in [-0.15, -0.1) is 0 Å². The lowest BCUT2D eigenvalue weighted by atomic mass is 10.1. The summed E-state index contributed by atoms with van der Waals surface area (Å²) < 4.78 is 32.9. The molecule has 0 spiro atoms. The van der Waals surface area contributed by atoms with Crippen LogP contribution in [0.15, 0.2) is 33.7 Å². The van der Waals surface area contributed by atoms with Crippen LogP contribution >= 0.6 is 0 Å². The first kappa shape index (κ1) is 23.7. The molecule has 180 valence electrons. The number of aromatic nitrogens is 1. The molecule has 1 aromatic heterocycles. The van der Waals surface area contributed by atoms with Gasteiger partial charge in [0, 0.05) is 50.4 Å². The van der Waals surface area contributed by atoms with Crippen molar-refractivity contribution in [1.82, 2.24) is 19.7 Å². The Kier molecular flexibility index (Phi) is 7.06. The minimum Gasteiger partial charge on any atom is -0.385 e. The topological polar surface area (TPSA) is 108 Å². The number of hydrogen-bond acceptors (Lipinski definition) is 7. The molecule has 1 amide bonds. The van der Waals surface area contributed by atoms with Gasteiger partial charge in [0.15, 0.2) is 5.76 Å². The summed E-state index contributed by atoms with van der Waals surface area (Å²) in [5, 5.41) is 7.25. The van der Waals surface area contributed by atoms with Crippen LogP contribution in [-0.2, 0) is 21.4 Å². The molecule has 1 fully saturated rings. The quantitative estimate of drug-likeness (QED) is 0.683. The van der Waals surface area contributed by atoms with E-state index in [9.17, 15) is 13.2 Å². The molecule has 2 aromatic rings. The normalized spacial score (nSPS) is 21.8. The molecule has 3 heterocycles. The lowest BCUT2D eigenvalue weighted by Crippen LogP contribution is -2.44. The van der Waals surface area contributed by atoms with Gasteiger partial charge in [0.05, 0.1) is 0 Å². The first-order valence-corrected chi connectivity index (χ1v) is 13.0. The highest BCUT2D eigenvalue weighted by Gasteiger charge is 2.33. The number of nitrogens with one attached hydrogen (secondary N) is 2. The van der Waals surface area contributed by atoms with Crippen molar-refractivity contribution in [3.63, 3.8) is 0 Å². The number of anilines is 1. The fourth-order valence-corrected chi connectivity index (χ4v) is 6.31. The molecule has 0 saturated carbocycles. The Hall–Kier alpha value is -2.43. The average Bonchev–Trinajstić information content (AvgIpc) is 3.28. The van der Waals surface area contributed by atoms with Crippen LogP contribution in [0.4, 0.5) is 5.69 Å². The summed E-state index contributed by atoms with van der Waals surface area (Å²) in [5.74, 6) is 0.170. The summed E-state index contributed by atoms with van der Waals surface area (Å²) >= 11 is 0. The largest absolute Gasteiger partial charge is 0.385 e. The van der Waals surface area contributed by atoms with Gasteiger partial charge in [0.1, 0.15) is 10.6 Å². The van der Waals surface area contributed by atoms with Gasteiger partial charge in [-0.1, -0.05) is 23.4 Å². The first-order chi connectivity index (χ1) is 15.8. The maximum atomic E-state index is 13.3. The molecule has 4 rings (SSSR count). The van der Waals surface area contributed by atoms with Crippen molar-refractivity contribution in [2.24, 2.45) is 0 Å². The molecular formula is C23H33N5O4S. The Morgan fingerprint density at radius 2 is 1.97 bits per heavy atom. The number of fused-ring (bicyclic) bond motifs is 3. The molecule has 1 aromatic carbocycles. The second kappa shape index (κ2) is 9.82. The van der Waals surface area contributed by atoms with Gasteiger partial charge < -0.3 is 14.7 Å². The summed E-state index contributed by atoms with van der Waals surface area (Å²) in [6.45, 7) is 5.19. The van der Waals surface area contributed by atoms with Crippen LogP contribution in [0, 0.1) is 13.8 Å². The van der Waals surface area contributed by atoms with Crippen LogP contribution in [0.3, 0.4) is 0 Å². The van der Waals surface area contributed by atoms with Crippen molar-refractivity contribution in [2.45, 2.75) is 63.1 Å². The van der Waals surface area contributed by atoms with E-state index >= 15 is 0 Å². The van der Waals surface area contributed by atoms with Crippen molar-refractivity contribution in [2.75, 3.05) is 32.0 Å². The Bertz CT molecular complexity index is 1080. The fourth-order valence-electron chi connectivity index (χ4n) is 4.96. The third kappa shape index (κ3) is 5.23. The standard InChI is InChI=1S/C23H33N5O4S/c1-16-23(17(2)32-26-16)33(30,31)25-13-11-22(29)28-14-18-6-4-5-7-21(18)24-12-10-19-8-9-20(15-28)27(19)3/h4-7,19-20,24-25H,8-15H2,1-3H3/t19-,20+/m0/s1. The molecule has 2 N–H and O–H groups in total. The van der Waals surface area contributed by atoms with E-state index in [1.54, 1.807) is 13.8 Å². The summed E-state index contributed by atoms with van der Waals surface area (Å²) in [5.41, 5.74) is 2.43. The number of sulfonamides is 1. The van der Waals surface area contributed by atoms with E-state index < -0.39 is 10.0 Å². The Morgan fingerprint density at radius 1 is 1.21 bits per heavy atom. The van der Waals surface area contributed by atoms with Crippen LogP contribution in [0.2, 0.25) is 0 Å². The van der Waals surface area contributed by atoms with Gasteiger partial charge in [-0.25, -0.2) is 13.1 Å². The maximum Gasteiger partial charge on any atom is 0.245 e. The van der Waals surface area contributed by atoms with Crippen LogP contribution in [-0.4, -0.2) is 68.0 Å². The number of benzene rings is 1. The number of para-hydroxylation sites is 1. The van der Waals surface area contributed by atoms with Crippen LogP contribution in [0.1, 0.15) is 42.7 Å². The van der Waals surface area contributed by atoms with Gasteiger partial charge >= 0.3 is 0 Å². The van der Waals surface area contributed by atoms with Crippen molar-refractivity contribution in [1.29, 1.82) is 0 Å². The van der Waals surface area contributed by atoms with E-state index in [1.807, 2.05) is 23.1 Å². The summed E-state index contributed by atoms with van der Waals surface area (Å²) in [4.78, 5) is 17.6. The SMILES string of the molecule is Cc1noc(C)c1S(=O)(=O)NCCC(=O)N1Cc2ccccc2NCC[C@@H]2CC[C@H](C1)N2C. The van der Waals surface area contributed by atoms with Gasteiger partial charge in [-0.05, 0) is 51.8 Å². The zero-order valence-electron chi connectivity index (χ0n) is 19.5. The molecule has 2 aliphatic heterocycles. The number of carbonyl (C=O) groups excluding carboxylic acids is 1. The predicted octanol–water partition coefficient (Wildman–Crippen LogP) is 2.27. The highest BCUT2D eigenvalue weighted by atomic mass is 32.2. The van der Waals surface area contributed by atoms with E-state index in [0.717, 1.165) is 37.1 Å². The Morgan fingerprint density at radius 3 is 2.73 bits per heavy atom. The molecule has 10 heteroatoms. The first-order valence-electron chi connectivity index (χ1n) is 11.5. The van der Waals surface area contributed by atoms with Crippen molar-refractivity contribution in [3.05, 3.63) is 41.3 Å². The van der Waals surface area contributed by atoms with Gasteiger partial charge in [-0.2, -0.15) is 0 Å².